The molecule has 1 spiro atoms. The van der Waals surface area contributed by atoms with Gasteiger partial charge in [0.1, 0.15) is 6.10 Å². The molecule has 1 saturated heterocycles. The third kappa shape index (κ3) is 2.28. The Hall–Kier alpha value is -2.09. The van der Waals surface area contributed by atoms with Gasteiger partial charge in [-0.1, -0.05) is 18.2 Å². The van der Waals surface area contributed by atoms with Gasteiger partial charge in [-0.25, -0.2) is 4.79 Å². The molecule has 0 aromatic heterocycles. The van der Waals surface area contributed by atoms with Crippen molar-refractivity contribution in [1.82, 2.24) is 5.06 Å². The van der Waals surface area contributed by atoms with Crippen molar-refractivity contribution < 1.29 is 28.9 Å². The SMILES string of the molecule is COC(=O)C1C[C@H]2c3ccc(OC)c4c3[C@@]3(C=C[C@H](O)C[C@@H]3O4)CCN2O1. The molecular formula is C20H23NO6. The third-order valence-electron chi connectivity index (χ3n) is 6.36. The summed E-state index contributed by atoms with van der Waals surface area (Å²) in [5.41, 5.74) is 1.89. The molecule has 27 heavy (non-hydrogen) atoms. The molecule has 1 unspecified atom stereocenters. The average Bonchev–Trinajstić information content (AvgIpc) is 3.21. The molecular weight excluding hydrogens is 350 g/mol. The molecule has 1 fully saturated rings. The van der Waals surface area contributed by atoms with Crippen LogP contribution in [-0.2, 0) is 19.8 Å². The van der Waals surface area contributed by atoms with E-state index in [4.69, 9.17) is 19.0 Å². The van der Waals surface area contributed by atoms with Gasteiger partial charge in [0.15, 0.2) is 17.6 Å². The zero-order valence-corrected chi connectivity index (χ0v) is 15.4. The molecule has 0 amide bonds. The Morgan fingerprint density at radius 2 is 2.19 bits per heavy atom. The van der Waals surface area contributed by atoms with E-state index in [-0.39, 0.29) is 23.5 Å². The number of carbonyl (C=O) groups is 1. The van der Waals surface area contributed by atoms with Crippen molar-refractivity contribution in [2.45, 2.75) is 49.0 Å². The summed E-state index contributed by atoms with van der Waals surface area (Å²) in [4.78, 5) is 17.9. The molecule has 3 aliphatic heterocycles. The van der Waals surface area contributed by atoms with Gasteiger partial charge in [-0.3, -0.25) is 4.84 Å². The second-order valence-electron chi connectivity index (χ2n) is 7.63. The molecule has 1 N–H and O–H groups in total. The van der Waals surface area contributed by atoms with E-state index in [1.165, 1.54) is 7.11 Å². The number of carbonyl (C=O) groups excluding carboxylic acids is 1. The molecule has 3 heterocycles. The average molecular weight is 373 g/mol. The first-order valence-corrected chi connectivity index (χ1v) is 9.34. The lowest BCUT2D eigenvalue weighted by Gasteiger charge is -2.35. The number of hydrogen-bond acceptors (Lipinski definition) is 7. The molecule has 7 nitrogen and oxygen atoms in total. The largest absolute Gasteiger partial charge is 0.493 e. The molecule has 144 valence electrons. The fourth-order valence-corrected chi connectivity index (χ4v) is 5.08. The summed E-state index contributed by atoms with van der Waals surface area (Å²) in [5, 5.41) is 12.0. The number of ether oxygens (including phenoxy) is 3. The number of fused-ring (bicyclic) bond motifs is 2. The Morgan fingerprint density at radius 3 is 2.96 bits per heavy atom. The highest BCUT2D eigenvalue weighted by molar-refractivity contribution is 5.75. The maximum absolute atomic E-state index is 12.0. The topological polar surface area (TPSA) is 77.5 Å². The van der Waals surface area contributed by atoms with Crippen molar-refractivity contribution in [2.75, 3.05) is 20.8 Å². The lowest BCUT2D eigenvalue weighted by atomic mass is 9.68. The normalized spacial score (nSPS) is 36.3. The molecule has 5 atom stereocenters. The van der Waals surface area contributed by atoms with E-state index >= 15 is 0 Å². The molecule has 4 aliphatic rings. The summed E-state index contributed by atoms with van der Waals surface area (Å²) < 4.78 is 16.8. The van der Waals surface area contributed by atoms with Crippen LogP contribution in [-0.4, -0.2) is 55.2 Å². The minimum Gasteiger partial charge on any atom is -0.493 e. The maximum atomic E-state index is 12.0. The highest BCUT2D eigenvalue weighted by Gasteiger charge is 2.56. The fraction of sp³-hybridized carbons (Fsp3) is 0.550. The summed E-state index contributed by atoms with van der Waals surface area (Å²) in [6.45, 7) is 0.662. The summed E-state index contributed by atoms with van der Waals surface area (Å²) in [7, 11) is 3.02. The van der Waals surface area contributed by atoms with E-state index in [1.54, 1.807) is 7.11 Å². The van der Waals surface area contributed by atoms with Crippen LogP contribution in [0.1, 0.15) is 36.4 Å². The van der Waals surface area contributed by atoms with E-state index < -0.39 is 12.2 Å². The fourth-order valence-electron chi connectivity index (χ4n) is 5.08. The molecule has 0 radical (unpaired) electrons. The van der Waals surface area contributed by atoms with E-state index in [0.29, 0.717) is 25.1 Å². The van der Waals surface area contributed by atoms with Crippen LogP contribution >= 0.6 is 0 Å². The Kier molecular flexibility index (Phi) is 3.76. The minimum absolute atomic E-state index is 0.0456. The first-order valence-electron chi connectivity index (χ1n) is 9.34. The van der Waals surface area contributed by atoms with Gasteiger partial charge in [-0.15, -0.1) is 0 Å². The molecule has 1 aromatic carbocycles. The van der Waals surface area contributed by atoms with Crippen LogP contribution in [0.4, 0.5) is 0 Å². The summed E-state index contributed by atoms with van der Waals surface area (Å²) in [6.07, 6.45) is 4.59. The number of rotatable bonds is 2. The number of esters is 1. The number of benzene rings is 1. The zero-order valence-electron chi connectivity index (χ0n) is 15.4. The quantitative estimate of drug-likeness (QED) is 0.624. The number of aliphatic hydroxyl groups is 1. The predicted octanol–water partition coefficient (Wildman–Crippen LogP) is 1.64. The van der Waals surface area contributed by atoms with Crippen LogP contribution in [0.25, 0.3) is 0 Å². The van der Waals surface area contributed by atoms with Gasteiger partial charge in [0.2, 0.25) is 0 Å². The van der Waals surface area contributed by atoms with Crippen molar-refractivity contribution in [3.8, 4) is 11.5 Å². The first-order chi connectivity index (χ1) is 13.1. The van der Waals surface area contributed by atoms with E-state index in [1.807, 2.05) is 17.2 Å². The van der Waals surface area contributed by atoms with Crippen molar-refractivity contribution in [3.63, 3.8) is 0 Å². The van der Waals surface area contributed by atoms with Gasteiger partial charge in [0.05, 0.1) is 31.8 Å². The number of methoxy groups -OCH3 is 2. The summed E-state index contributed by atoms with van der Waals surface area (Å²) in [6, 6.07) is 3.92. The predicted molar refractivity (Wildman–Crippen MR) is 94.4 cm³/mol. The molecule has 0 saturated carbocycles. The zero-order chi connectivity index (χ0) is 18.8. The summed E-state index contributed by atoms with van der Waals surface area (Å²) >= 11 is 0. The maximum Gasteiger partial charge on any atom is 0.337 e. The van der Waals surface area contributed by atoms with Gasteiger partial charge in [-0.05, 0) is 18.1 Å². The van der Waals surface area contributed by atoms with Crippen molar-refractivity contribution in [1.29, 1.82) is 0 Å². The number of hydroxylamine groups is 2. The van der Waals surface area contributed by atoms with Gasteiger partial charge >= 0.3 is 5.97 Å². The van der Waals surface area contributed by atoms with Crippen LogP contribution < -0.4 is 9.47 Å². The second-order valence-corrected chi connectivity index (χ2v) is 7.63. The van der Waals surface area contributed by atoms with Gasteiger partial charge < -0.3 is 19.3 Å². The standard InChI is InChI=1S/C20H23NO6/c1-24-14-4-3-12-13-10-15(19(23)25-2)27-21(13)8-7-20-6-5-11(22)9-16(20)26-18(14)17(12)20/h3-6,11,13,15-16,22H,7-10H2,1-2H3/t11-,13-,15?,16-,20-/m0/s1. The van der Waals surface area contributed by atoms with Gasteiger partial charge in [-0.2, -0.15) is 5.06 Å². The third-order valence-corrected chi connectivity index (χ3v) is 6.36. The highest BCUT2D eigenvalue weighted by atomic mass is 16.7. The molecule has 7 heteroatoms. The van der Waals surface area contributed by atoms with E-state index in [0.717, 1.165) is 23.3 Å². The van der Waals surface area contributed by atoms with Crippen molar-refractivity contribution >= 4 is 5.97 Å². The van der Waals surface area contributed by atoms with Crippen molar-refractivity contribution in [2.24, 2.45) is 0 Å². The van der Waals surface area contributed by atoms with Crippen LogP contribution in [0.5, 0.6) is 11.5 Å². The monoisotopic (exact) mass is 373 g/mol. The van der Waals surface area contributed by atoms with Crippen LogP contribution in [0.3, 0.4) is 0 Å². The Morgan fingerprint density at radius 1 is 1.33 bits per heavy atom. The smallest absolute Gasteiger partial charge is 0.337 e. The Bertz CT molecular complexity index is 823. The molecule has 1 aromatic rings. The van der Waals surface area contributed by atoms with Crippen LogP contribution in [0, 0.1) is 0 Å². The minimum atomic E-state index is -0.589. The lowest BCUT2D eigenvalue weighted by molar-refractivity contribution is -0.188. The van der Waals surface area contributed by atoms with E-state index in [9.17, 15) is 9.90 Å². The molecule has 0 bridgehead atoms. The Labute approximate surface area is 157 Å². The highest BCUT2D eigenvalue weighted by Crippen LogP contribution is 2.58. The first kappa shape index (κ1) is 17.0. The van der Waals surface area contributed by atoms with Crippen LogP contribution in [0.15, 0.2) is 24.3 Å². The van der Waals surface area contributed by atoms with Crippen LogP contribution in [0.2, 0.25) is 0 Å². The molecule has 1 aliphatic carbocycles. The van der Waals surface area contributed by atoms with Gasteiger partial charge in [0.25, 0.3) is 0 Å². The molecule has 5 rings (SSSR count). The Balaban J connectivity index is 1.65. The summed E-state index contributed by atoms with van der Waals surface area (Å²) in [5.74, 6) is 1.10. The van der Waals surface area contributed by atoms with Gasteiger partial charge in [0, 0.05) is 24.9 Å². The number of aliphatic hydroxyl groups excluding tert-OH is 1. The lowest BCUT2D eigenvalue weighted by Crippen LogP contribution is -2.43. The number of hydrogen-bond donors (Lipinski definition) is 1. The number of nitrogens with zero attached hydrogens (tertiary/aromatic N) is 1. The second kappa shape index (κ2) is 5.95. The van der Waals surface area contributed by atoms with Crippen molar-refractivity contribution in [3.05, 3.63) is 35.4 Å². The van der Waals surface area contributed by atoms with E-state index in [2.05, 4.69) is 12.1 Å².